The molecule has 1 amide bonds. The van der Waals surface area contributed by atoms with Crippen LogP contribution in [0.1, 0.15) is 24.0 Å². The first-order valence-corrected chi connectivity index (χ1v) is 8.05. The lowest BCUT2D eigenvalue weighted by Gasteiger charge is -2.11. The molecular weight excluding hydrogens is 316 g/mol. The Balaban J connectivity index is 1.82. The zero-order valence-corrected chi connectivity index (χ0v) is 13.8. The molecule has 0 aliphatic heterocycles. The SMILES string of the molecule is N#CN(CCCCc1ccccc1)C(=O)C=Cc1ccc(O)c(O)c1. The van der Waals surface area contributed by atoms with Crippen LogP contribution >= 0.6 is 0 Å². The molecule has 5 heteroatoms. The number of hydrogen-bond acceptors (Lipinski definition) is 4. The molecule has 0 unspecified atom stereocenters. The average Bonchev–Trinajstić information content (AvgIpc) is 2.63. The van der Waals surface area contributed by atoms with Crippen molar-refractivity contribution >= 4 is 12.0 Å². The Morgan fingerprint density at radius 1 is 1.08 bits per heavy atom. The molecule has 0 saturated carbocycles. The van der Waals surface area contributed by atoms with Crippen LogP contribution < -0.4 is 0 Å². The first kappa shape index (κ1) is 18.1. The van der Waals surface area contributed by atoms with E-state index >= 15 is 0 Å². The molecule has 0 fully saturated rings. The fourth-order valence-electron chi connectivity index (χ4n) is 2.35. The summed E-state index contributed by atoms with van der Waals surface area (Å²) in [4.78, 5) is 13.2. The van der Waals surface area contributed by atoms with Gasteiger partial charge >= 0.3 is 0 Å². The Kier molecular flexibility index (Phi) is 6.61. The molecule has 0 aliphatic carbocycles. The van der Waals surface area contributed by atoms with Crippen LogP contribution in [0.15, 0.2) is 54.6 Å². The number of phenols is 2. The Hall–Kier alpha value is -3.26. The van der Waals surface area contributed by atoms with Crippen LogP contribution in [-0.2, 0) is 11.2 Å². The Morgan fingerprint density at radius 3 is 2.52 bits per heavy atom. The number of unbranched alkanes of at least 4 members (excludes halogenated alkanes) is 1. The molecule has 0 spiro atoms. The van der Waals surface area contributed by atoms with Gasteiger partial charge in [0.25, 0.3) is 5.91 Å². The molecule has 2 rings (SSSR count). The van der Waals surface area contributed by atoms with Gasteiger partial charge in [-0.25, -0.2) is 4.90 Å². The smallest absolute Gasteiger partial charge is 0.259 e. The third-order valence-electron chi connectivity index (χ3n) is 3.74. The number of amides is 1. The van der Waals surface area contributed by atoms with Gasteiger partial charge in [-0.3, -0.25) is 4.79 Å². The minimum absolute atomic E-state index is 0.222. The lowest BCUT2D eigenvalue weighted by Crippen LogP contribution is -2.25. The normalized spacial score (nSPS) is 10.5. The Morgan fingerprint density at radius 2 is 1.84 bits per heavy atom. The third-order valence-corrected chi connectivity index (χ3v) is 3.74. The fourth-order valence-corrected chi connectivity index (χ4v) is 2.35. The van der Waals surface area contributed by atoms with Crippen molar-refractivity contribution in [3.63, 3.8) is 0 Å². The van der Waals surface area contributed by atoms with Crippen LogP contribution in [0.25, 0.3) is 6.08 Å². The van der Waals surface area contributed by atoms with Crippen molar-refractivity contribution in [1.82, 2.24) is 4.90 Å². The van der Waals surface area contributed by atoms with Crippen LogP contribution in [0.3, 0.4) is 0 Å². The number of aromatic hydroxyl groups is 2. The van der Waals surface area contributed by atoms with Crippen molar-refractivity contribution in [2.75, 3.05) is 6.54 Å². The highest BCUT2D eigenvalue weighted by Gasteiger charge is 2.09. The molecule has 0 bridgehead atoms. The highest BCUT2D eigenvalue weighted by molar-refractivity contribution is 5.92. The molecule has 25 heavy (non-hydrogen) atoms. The first-order valence-electron chi connectivity index (χ1n) is 8.05. The van der Waals surface area contributed by atoms with E-state index in [0.29, 0.717) is 12.1 Å². The zero-order valence-electron chi connectivity index (χ0n) is 13.8. The zero-order chi connectivity index (χ0) is 18.1. The topological polar surface area (TPSA) is 84.6 Å². The van der Waals surface area contributed by atoms with E-state index in [1.807, 2.05) is 24.4 Å². The number of phenolic OH excluding ortho intramolecular Hbond substituents is 2. The predicted molar refractivity (Wildman–Crippen MR) is 95.5 cm³/mol. The molecule has 0 atom stereocenters. The molecule has 5 nitrogen and oxygen atoms in total. The predicted octanol–water partition coefficient (Wildman–Crippen LogP) is 3.44. The van der Waals surface area contributed by atoms with Crippen molar-refractivity contribution in [2.24, 2.45) is 0 Å². The summed E-state index contributed by atoms with van der Waals surface area (Å²) in [6, 6.07) is 14.3. The van der Waals surface area contributed by atoms with E-state index in [9.17, 15) is 15.0 Å². The van der Waals surface area contributed by atoms with Crippen molar-refractivity contribution < 1.29 is 15.0 Å². The number of nitrogens with zero attached hydrogens (tertiary/aromatic N) is 2. The lowest BCUT2D eigenvalue weighted by molar-refractivity contribution is -0.123. The van der Waals surface area contributed by atoms with Gasteiger partial charge in [0.15, 0.2) is 17.7 Å². The molecule has 0 saturated heterocycles. The minimum atomic E-state index is -0.408. The van der Waals surface area contributed by atoms with E-state index in [1.165, 1.54) is 29.8 Å². The van der Waals surface area contributed by atoms with Crippen molar-refractivity contribution in [1.29, 1.82) is 5.26 Å². The van der Waals surface area contributed by atoms with Gasteiger partial charge in [-0.2, -0.15) is 5.26 Å². The van der Waals surface area contributed by atoms with Crippen LogP contribution in [-0.4, -0.2) is 27.6 Å². The number of benzene rings is 2. The van der Waals surface area contributed by atoms with Gasteiger partial charge in [-0.1, -0.05) is 36.4 Å². The monoisotopic (exact) mass is 336 g/mol. The summed E-state index contributed by atoms with van der Waals surface area (Å²) in [5.74, 6) is -0.886. The molecule has 2 aromatic carbocycles. The molecule has 2 aromatic rings. The summed E-state index contributed by atoms with van der Waals surface area (Å²) in [7, 11) is 0. The van der Waals surface area contributed by atoms with E-state index in [1.54, 1.807) is 6.07 Å². The van der Waals surface area contributed by atoms with Crippen molar-refractivity contribution in [3.05, 3.63) is 65.7 Å². The van der Waals surface area contributed by atoms with Gasteiger partial charge in [0.1, 0.15) is 0 Å². The van der Waals surface area contributed by atoms with Gasteiger partial charge in [-0.05, 0) is 48.6 Å². The lowest BCUT2D eigenvalue weighted by atomic mass is 10.1. The second-order valence-corrected chi connectivity index (χ2v) is 5.61. The van der Waals surface area contributed by atoms with Crippen molar-refractivity contribution in [2.45, 2.75) is 19.3 Å². The number of nitriles is 1. The second kappa shape index (κ2) is 9.14. The molecule has 0 heterocycles. The van der Waals surface area contributed by atoms with E-state index in [0.717, 1.165) is 24.2 Å². The van der Waals surface area contributed by atoms with E-state index in [2.05, 4.69) is 12.1 Å². The van der Waals surface area contributed by atoms with Crippen LogP contribution in [0.4, 0.5) is 0 Å². The highest BCUT2D eigenvalue weighted by Crippen LogP contribution is 2.25. The fraction of sp³-hybridized carbons (Fsp3) is 0.200. The maximum Gasteiger partial charge on any atom is 0.259 e. The number of hydrogen-bond donors (Lipinski definition) is 2. The summed E-state index contributed by atoms with van der Waals surface area (Å²) in [6.45, 7) is 0.368. The number of rotatable bonds is 7. The van der Waals surface area contributed by atoms with Crippen LogP contribution in [0.5, 0.6) is 11.5 Å². The van der Waals surface area contributed by atoms with E-state index in [4.69, 9.17) is 5.26 Å². The number of carbonyl (C=O) groups is 1. The van der Waals surface area contributed by atoms with E-state index in [-0.39, 0.29) is 11.5 Å². The molecule has 2 N–H and O–H groups in total. The van der Waals surface area contributed by atoms with Crippen LogP contribution in [0, 0.1) is 11.5 Å². The number of aryl methyl sites for hydroxylation is 1. The van der Waals surface area contributed by atoms with Gasteiger partial charge in [0.05, 0.1) is 0 Å². The van der Waals surface area contributed by atoms with E-state index < -0.39 is 5.91 Å². The largest absolute Gasteiger partial charge is 0.504 e. The number of carbonyl (C=O) groups excluding carboxylic acids is 1. The Labute approximate surface area is 147 Å². The Bertz CT molecular complexity index is 779. The molecule has 0 aromatic heterocycles. The maximum atomic E-state index is 12.1. The van der Waals surface area contributed by atoms with Gasteiger partial charge in [0.2, 0.25) is 0 Å². The summed E-state index contributed by atoms with van der Waals surface area (Å²) < 4.78 is 0. The third kappa shape index (κ3) is 5.70. The summed E-state index contributed by atoms with van der Waals surface area (Å²) >= 11 is 0. The first-order chi connectivity index (χ1) is 12.1. The van der Waals surface area contributed by atoms with Crippen molar-refractivity contribution in [3.8, 4) is 17.7 Å². The standard InChI is InChI=1S/C20H20N2O3/c21-15-22(13-5-4-8-16-6-2-1-3-7-16)20(25)12-10-17-9-11-18(23)19(24)14-17/h1-3,6-7,9-12,14,23-24H,4-5,8,13H2. The van der Waals surface area contributed by atoms with Gasteiger partial charge in [-0.15, -0.1) is 0 Å². The molecular formula is C20H20N2O3. The van der Waals surface area contributed by atoms with Gasteiger partial charge < -0.3 is 10.2 Å². The summed E-state index contributed by atoms with van der Waals surface area (Å²) in [5, 5.41) is 27.8. The maximum absolute atomic E-state index is 12.1. The summed E-state index contributed by atoms with van der Waals surface area (Å²) in [5.41, 5.74) is 1.80. The average molecular weight is 336 g/mol. The molecule has 128 valence electrons. The molecule has 0 aliphatic rings. The molecule has 0 radical (unpaired) electrons. The minimum Gasteiger partial charge on any atom is -0.504 e. The van der Waals surface area contributed by atoms with Gasteiger partial charge in [0, 0.05) is 12.6 Å². The summed E-state index contributed by atoms with van der Waals surface area (Å²) in [6.07, 6.45) is 7.23. The van der Waals surface area contributed by atoms with Crippen LogP contribution in [0.2, 0.25) is 0 Å². The highest BCUT2D eigenvalue weighted by atomic mass is 16.3. The second-order valence-electron chi connectivity index (χ2n) is 5.61. The quantitative estimate of drug-likeness (QED) is 0.267.